The molecule has 0 atom stereocenters. The van der Waals surface area contributed by atoms with E-state index in [4.69, 9.17) is 5.14 Å². The van der Waals surface area contributed by atoms with Gasteiger partial charge in [0.1, 0.15) is 5.82 Å². The van der Waals surface area contributed by atoms with Crippen LogP contribution in [0.15, 0.2) is 52.4 Å². The van der Waals surface area contributed by atoms with E-state index in [1.54, 1.807) is 32.2 Å². The number of hydrogen-bond acceptors (Lipinski definition) is 3. The summed E-state index contributed by atoms with van der Waals surface area (Å²) in [6.45, 7) is 2.79. The number of nitrogens with one attached hydrogen (secondary N) is 2. The third kappa shape index (κ3) is 7.43. The standard InChI is InChI=1S/C18H23FN4O2S.HI/c1-13-3-4-15(11-17(13)19)12-23-18(21-2)22-10-9-14-5-7-16(8-6-14)26(20,24)25;/h3-8,11H,9-10,12H2,1-2H3,(H2,20,24,25)(H2,21,22,23);1H. The molecule has 27 heavy (non-hydrogen) atoms. The van der Waals surface area contributed by atoms with Gasteiger partial charge < -0.3 is 10.6 Å². The molecule has 148 valence electrons. The van der Waals surface area contributed by atoms with Gasteiger partial charge >= 0.3 is 0 Å². The van der Waals surface area contributed by atoms with Crippen molar-refractivity contribution in [1.82, 2.24) is 10.6 Å². The molecule has 2 aromatic carbocycles. The van der Waals surface area contributed by atoms with Gasteiger partial charge in [0.15, 0.2) is 5.96 Å². The van der Waals surface area contributed by atoms with E-state index in [-0.39, 0.29) is 34.7 Å². The van der Waals surface area contributed by atoms with Crippen LogP contribution in [-0.4, -0.2) is 28.0 Å². The number of nitrogens with two attached hydrogens (primary N) is 1. The summed E-state index contributed by atoms with van der Waals surface area (Å²) in [5.74, 6) is 0.377. The fraction of sp³-hybridized carbons (Fsp3) is 0.278. The number of rotatable bonds is 6. The number of hydrogen-bond donors (Lipinski definition) is 3. The topological polar surface area (TPSA) is 96.6 Å². The molecular formula is C18H24FIN4O2S. The van der Waals surface area contributed by atoms with Crippen LogP contribution in [0.5, 0.6) is 0 Å². The van der Waals surface area contributed by atoms with Gasteiger partial charge in [0.05, 0.1) is 4.90 Å². The number of aryl methyl sites for hydroxylation is 1. The minimum absolute atomic E-state index is 0. The molecule has 2 rings (SSSR count). The fourth-order valence-corrected chi connectivity index (χ4v) is 2.84. The Bertz CT molecular complexity index is 887. The van der Waals surface area contributed by atoms with Gasteiger partial charge in [-0.25, -0.2) is 17.9 Å². The molecule has 0 aromatic heterocycles. The van der Waals surface area contributed by atoms with Gasteiger partial charge in [-0.1, -0.05) is 24.3 Å². The quantitative estimate of drug-likeness (QED) is 0.318. The summed E-state index contributed by atoms with van der Waals surface area (Å²) in [5, 5.41) is 11.4. The highest BCUT2D eigenvalue weighted by atomic mass is 127. The average Bonchev–Trinajstić information content (AvgIpc) is 2.60. The number of aliphatic imine (C=N–C) groups is 1. The van der Waals surface area contributed by atoms with E-state index in [0.717, 1.165) is 11.1 Å². The molecule has 0 unspecified atom stereocenters. The summed E-state index contributed by atoms with van der Waals surface area (Å²) in [4.78, 5) is 4.22. The van der Waals surface area contributed by atoms with Gasteiger partial charge in [-0.15, -0.1) is 24.0 Å². The van der Waals surface area contributed by atoms with Crippen LogP contribution in [0.1, 0.15) is 16.7 Å². The third-order valence-electron chi connectivity index (χ3n) is 3.88. The molecule has 9 heteroatoms. The van der Waals surface area contributed by atoms with Crippen LogP contribution >= 0.6 is 24.0 Å². The minimum atomic E-state index is -3.67. The SMILES string of the molecule is CN=C(NCCc1ccc(S(N)(=O)=O)cc1)NCc1ccc(C)c(F)c1.I. The molecule has 0 bridgehead atoms. The third-order valence-corrected chi connectivity index (χ3v) is 4.81. The lowest BCUT2D eigenvalue weighted by molar-refractivity contribution is 0.597. The average molecular weight is 506 g/mol. The Morgan fingerprint density at radius 1 is 1.11 bits per heavy atom. The molecule has 0 aliphatic rings. The van der Waals surface area contributed by atoms with E-state index in [1.807, 2.05) is 6.07 Å². The van der Waals surface area contributed by atoms with Gasteiger partial charge in [-0.05, 0) is 48.2 Å². The van der Waals surface area contributed by atoms with Crippen LogP contribution in [-0.2, 0) is 23.0 Å². The highest BCUT2D eigenvalue weighted by Crippen LogP contribution is 2.10. The van der Waals surface area contributed by atoms with Crippen molar-refractivity contribution in [2.24, 2.45) is 10.1 Å². The number of primary sulfonamides is 1. The second kappa shape index (κ2) is 10.6. The molecule has 0 spiro atoms. The highest BCUT2D eigenvalue weighted by Gasteiger charge is 2.07. The second-order valence-corrected chi connectivity index (χ2v) is 7.44. The first-order valence-corrected chi connectivity index (χ1v) is 9.65. The van der Waals surface area contributed by atoms with Crippen molar-refractivity contribution in [2.45, 2.75) is 24.8 Å². The van der Waals surface area contributed by atoms with Crippen LogP contribution in [0.25, 0.3) is 0 Å². The van der Waals surface area contributed by atoms with Crippen molar-refractivity contribution in [3.63, 3.8) is 0 Å². The summed E-state index contributed by atoms with van der Waals surface area (Å²) in [6, 6.07) is 11.6. The number of nitrogens with zero attached hydrogens (tertiary/aromatic N) is 1. The van der Waals surface area contributed by atoms with Gasteiger partial charge in [0.25, 0.3) is 0 Å². The van der Waals surface area contributed by atoms with Crippen molar-refractivity contribution in [1.29, 1.82) is 0 Å². The lowest BCUT2D eigenvalue weighted by Crippen LogP contribution is -2.37. The molecule has 4 N–H and O–H groups in total. The summed E-state index contributed by atoms with van der Waals surface area (Å²) in [6.07, 6.45) is 0.685. The van der Waals surface area contributed by atoms with Crippen molar-refractivity contribution in [2.75, 3.05) is 13.6 Å². The van der Waals surface area contributed by atoms with E-state index in [2.05, 4.69) is 15.6 Å². The number of sulfonamides is 1. The summed E-state index contributed by atoms with van der Waals surface area (Å²) in [7, 11) is -2.01. The number of guanidine groups is 1. The maximum Gasteiger partial charge on any atom is 0.238 e. The van der Waals surface area contributed by atoms with E-state index in [9.17, 15) is 12.8 Å². The smallest absolute Gasteiger partial charge is 0.238 e. The van der Waals surface area contributed by atoms with Crippen LogP contribution in [0.2, 0.25) is 0 Å². The van der Waals surface area contributed by atoms with E-state index < -0.39 is 10.0 Å². The molecular weight excluding hydrogens is 482 g/mol. The van der Waals surface area contributed by atoms with Crippen LogP contribution in [0, 0.1) is 12.7 Å². The van der Waals surface area contributed by atoms with Crippen molar-refractivity contribution >= 4 is 40.0 Å². The molecule has 6 nitrogen and oxygen atoms in total. The first-order valence-electron chi connectivity index (χ1n) is 8.11. The van der Waals surface area contributed by atoms with Crippen molar-refractivity contribution < 1.29 is 12.8 Å². The lowest BCUT2D eigenvalue weighted by Gasteiger charge is -2.12. The zero-order valence-corrected chi connectivity index (χ0v) is 18.3. The zero-order valence-electron chi connectivity index (χ0n) is 15.2. The molecule has 0 aliphatic carbocycles. The molecule has 0 saturated heterocycles. The Labute approximate surface area is 176 Å². The summed E-state index contributed by atoms with van der Waals surface area (Å²) >= 11 is 0. The molecule has 0 fully saturated rings. The van der Waals surface area contributed by atoms with Gasteiger partial charge in [-0.3, -0.25) is 4.99 Å². The van der Waals surface area contributed by atoms with Gasteiger partial charge in [-0.2, -0.15) is 0 Å². The van der Waals surface area contributed by atoms with E-state index in [1.165, 1.54) is 18.2 Å². The molecule has 0 amide bonds. The second-order valence-electron chi connectivity index (χ2n) is 5.88. The van der Waals surface area contributed by atoms with Crippen molar-refractivity contribution in [3.05, 3.63) is 65.0 Å². The largest absolute Gasteiger partial charge is 0.356 e. The molecule has 0 radical (unpaired) electrons. The fourth-order valence-electron chi connectivity index (χ4n) is 2.32. The lowest BCUT2D eigenvalue weighted by atomic mass is 10.1. The monoisotopic (exact) mass is 506 g/mol. The number of halogens is 2. The van der Waals surface area contributed by atoms with Gasteiger partial charge in [0, 0.05) is 20.1 Å². The normalized spacial score (nSPS) is 11.6. The molecule has 0 aliphatic heterocycles. The predicted octanol–water partition coefficient (Wildman–Crippen LogP) is 2.31. The molecule has 0 heterocycles. The summed E-state index contributed by atoms with van der Waals surface area (Å²) < 4.78 is 36.0. The Balaban J connectivity index is 0.00000364. The Morgan fingerprint density at radius 2 is 1.74 bits per heavy atom. The van der Waals surface area contributed by atoms with Gasteiger partial charge in [0.2, 0.25) is 10.0 Å². The van der Waals surface area contributed by atoms with Crippen LogP contribution in [0.3, 0.4) is 0 Å². The van der Waals surface area contributed by atoms with Crippen molar-refractivity contribution in [3.8, 4) is 0 Å². The zero-order chi connectivity index (χ0) is 19.2. The van der Waals surface area contributed by atoms with E-state index >= 15 is 0 Å². The Hall–Kier alpha value is -1.72. The highest BCUT2D eigenvalue weighted by molar-refractivity contribution is 14.0. The molecule has 2 aromatic rings. The first kappa shape index (κ1) is 23.3. The van der Waals surface area contributed by atoms with E-state index in [0.29, 0.717) is 31.0 Å². The van der Waals surface area contributed by atoms with Crippen LogP contribution < -0.4 is 15.8 Å². The Morgan fingerprint density at radius 3 is 2.30 bits per heavy atom. The predicted molar refractivity (Wildman–Crippen MR) is 116 cm³/mol. The first-order chi connectivity index (χ1) is 12.3. The minimum Gasteiger partial charge on any atom is -0.356 e. The molecule has 0 saturated carbocycles. The number of benzene rings is 2. The maximum absolute atomic E-state index is 13.6. The van der Waals surface area contributed by atoms with Crippen LogP contribution in [0.4, 0.5) is 4.39 Å². The summed E-state index contributed by atoms with van der Waals surface area (Å²) in [5.41, 5.74) is 2.42. The Kier molecular flexibility index (Phi) is 9.13. The maximum atomic E-state index is 13.6.